The van der Waals surface area contributed by atoms with E-state index in [-0.39, 0.29) is 0 Å². The van der Waals surface area contributed by atoms with E-state index in [1.165, 1.54) is 25.7 Å². The van der Waals surface area contributed by atoms with Crippen LogP contribution in [-0.2, 0) is 27.2 Å². The lowest BCUT2D eigenvalue weighted by molar-refractivity contribution is 0.0657. The van der Waals surface area contributed by atoms with Crippen LogP contribution < -0.4 is 0 Å². The third-order valence-corrected chi connectivity index (χ3v) is 5.45. The molecule has 0 saturated heterocycles. The number of nitrogens with zero attached hydrogens (tertiary/aromatic N) is 6. The lowest BCUT2D eigenvalue weighted by Gasteiger charge is -2.42. The molecular formula is C18H30N6. The number of hydrogen-bond acceptors (Lipinski definition) is 4. The summed E-state index contributed by atoms with van der Waals surface area (Å²) in [6.07, 6.45) is 13.0. The van der Waals surface area contributed by atoms with Gasteiger partial charge in [-0.15, -0.1) is 0 Å². The highest BCUT2D eigenvalue weighted by molar-refractivity contribution is 4.96. The summed E-state index contributed by atoms with van der Waals surface area (Å²) in [5.74, 6) is 2.27. The molecule has 6 heteroatoms. The molecule has 2 aromatic rings. The van der Waals surface area contributed by atoms with Crippen molar-refractivity contribution in [2.24, 2.45) is 14.1 Å². The van der Waals surface area contributed by atoms with Gasteiger partial charge >= 0.3 is 0 Å². The van der Waals surface area contributed by atoms with E-state index in [9.17, 15) is 0 Å². The first-order chi connectivity index (χ1) is 11.6. The van der Waals surface area contributed by atoms with Gasteiger partial charge in [0.1, 0.15) is 11.6 Å². The molecule has 0 aliphatic heterocycles. The van der Waals surface area contributed by atoms with Crippen molar-refractivity contribution in [3.05, 3.63) is 36.4 Å². The first-order valence-electron chi connectivity index (χ1n) is 8.89. The van der Waals surface area contributed by atoms with Crippen molar-refractivity contribution in [2.75, 3.05) is 14.1 Å². The van der Waals surface area contributed by atoms with Gasteiger partial charge in [0.25, 0.3) is 0 Å². The zero-order valence-electron chi connectivity index (χ0n) is 15.4. The van der Waals surface area contributed by atoms with Crippen molar-refractivity contribution in [1.82, 2.24) is 28.9 Å². The maximum atomic E-state index is 4.49. The Morgan fingerprint density at radius 3 is 1.62 bits per heavy atom. The van der Waals surface area contributed by atoms with Crippen LogP contribution in [0.4, 0.5) is 0 Å². The Balaban J connectivity index is 1.68. The predicted molar refractivity (Wildman–Crippen MR) is 95.4 cm³/mol. The van der Waals surface area contributed by atoms with E-state index in [0.29, 0.717) is 12.1 Å². The highest BCUT2D eigenvalue weighted by atomic mass is 15.3. The molecule has 1 saturated carbocycles. The Morgan fingerprint density at radius 2 is 1.29 bits per heavy atom. The van der Waals surface area contributed by atoms with Gasteiger partial charge in [0.2, 0.25) is 0 Å². The third kappa shape index (κ3) is 3.70. The topological polar surface area (TPSA) is 42.1 Å². The molecule has 2 aromatic heterocycles. The standard InChI is InChI=1S/C18H30N6/c1-21-11-9-19-17(21)13-23(3)15-7-5-6-8-16(15)24(4)14-18-20-10-12-22(18)2/h9-12,15-16H,5-8,13-14H2,1-4H3/t15-,16-/m0/s1. The van der Waals surface area contributed by atoms with E-state index in [4.69, 9.17) is 0 Å². The van der Waals surface area contributed by atoms with Crippen LogP contribution in [0.5, 0.6) is 0 Å². The molecule has 1 aliphatic rings. The minimum absolute atomic E-state index is 0.570. The largest absolute Gasteiger partial charge is 0.337 e. The molecule has 1 aliphatic carbocycles. The zero-order chi connectivity index (χ0) is 17.1. The summed E-state index contributed by atoms with van der Waals surface area (Å²) in [6, 6.07) is 1.14. The Bertz CT molecular complexity index is 589. The van der Waals surface area contributed by atoms with Crippen LogP contribution in [-0.4, -0.2) is 55.1 Å². The molecule has 2 heterocycles. The summed E-state index contributed by atoms with van der Waals surface area (Å²) in [5, 5.41) is 0. The van der Waals surface area contributed by atoms with Crippen molar-refractivity contribution in [2.45, 2.75) is 50.9 Å². The van der Waals surface area contributed by atoms with Gasteiger partial charge in [-0.2, -0.15) is 0 Å². The van der Waals surface area contributed by atoms with Gasteiger partial charge in [-0.25, -0.2) is 9.97 Å². The van der Waals surface area contributed by atoms with Gasteiger partial charge in [-0.3, -0.25) is 9.80 Å². The number of aromatic nitrogens is 4. The normalized spacial score (nSPS) is 21.8. The maximum Gasteiger partial charge on any atom is 0.122 e. The van der Waals surface area contributed by atoms with E-state index in [1.54, 1.807) is 0 Å². The molecule has 0 amide bonds. The molecule has 6 nitrogen and oxygen atoms in total. The third-order valence-electron chi connectivity index (χ3n) is 5.45. The Hall–Kier alpha value is -1.66. The number of likely N-dealkylation sites (N-methyl/N-ethyl adjacent to an activating group) is 2. The van der Waals surface area contributed by atoms with Crippen molar-refractivity contribution >= 4 is 0 Å². The highest BCUT2D eigenvalue weighted by Crippen LogP contribution is 2.27. The average Bonchev–Trinajstić information content (AvgIpc) is 3.16. The van der Waals surface area contributed by atoms with Crippen LogP contribution in [0.3, 0.4) is 0 Å². The van der Waals surface area contributed by atoms with Gasteiger partial charge in [0, 0.05) is 51.0 Å². The van der Waals surface area contributed by atoms with Crippen LogP contribution in [0, 0.1) is 0 Å². The molecule has 3 rings (SSSR count). The molecule has 0 radical (unpaired) electrons. The van der Waals surface area contributed by atoms with E-state index < -0.39 is 0 Å². The van der Waals surface area contributed by atoms with Gasteiger partial charge in [0.15, 0.2) is 0 Å². The smallest absolute Gasteiger partial charge is 0.122 e. The fraction of sp³-hybridized carbons (Fsp3) is 0.667. The molecular weight excluding hydrogens is 300 g/mol. The SMILES string of the molecule is CN(Cc1nccn1C)[C@H]1CCCC[C@@H]1N(C)Cc1nccn1C. The van der Waals surface area contributed by atoms with Crippen molar-refractivity contribution in [3.8, 4) is 0 Å². The van der Waals surface area contributed by atoms with Crippen molar-refractivity contribution in [1.29, 1.82) is 0 Å². The second-order valence-electron chi connectivity index (χ2n) is 7.16. The number of imidazole rings is 2. The van der Waals surface area contributed by atoms with Crippen LogP contribution in [0.25, 0.3) is 0 Å². The molecule has 0 unspecified atom stereocenters. The first kappa shape index (κ1) is 17.2. The minimum atomic E-state index is 0.570. The molecule has 0 N–H and O–H groups in total. The predicted octanol–water partition coefficient (Wildman–Crippen LogP) is 2.03. The van der Waals surface area contributed by atoms with Gasteiger partial charge in [-0.1, -0.05) is 12.8 Å². The highest BCUT2D eigenvalue weighted by Gasteiger charge is 2.31. The molecule has 2 atom stereocenters. The summed E-state index contributed by atoms with van der Waals surface area (Å²) < 4.78 is 4.23. The summed E-state index contributed by atoms with van der Waals surface area (Å²) in [5.41, 5.74) is 0. The number of rotatable bonds is 6. The summed E-state index contributed by atoms with van der Waals surface area (Å²) in [7, 11) is 8.63. The lowest BCUT2D eigenvalue weighted by atomic mass is 9.88. The Morgan fingerprint density at radius 1 is 0.875 bits per heavy atom. The molecule has 132 valence electrons. The van der Waals surface area contributed by atoms with E-state index >= 15 is 0 Å². The monoisotopic (exact) mass is 330 g/mol. The summed E-state index contributed by atoms with van der Waals surface area (Å²) in [4.78, 5) is 13.9. The zero-order valence-corrected chi connectivity index (χ0v) is 15.4. The van der Waals surface area contributed by atoms with Gasteiger partial charge in [-0.05, 0) is 26.9 Å². The second kappa shape index (κ2) is 7.49. The fourth-order valence-corrected chi connectivity index (χ4v) is 3.90. The summed E-state index contributed by atoms with van der Waals surface area (Å²) >= 11 is 0. The lowest BCUT2D eigenvalue weighted by Crippen LogP contribution is -2.50. The molecule has 24 heavy (non-hydrogen) atoms. The molecule has 0 spiro atoms. The van der Waals surface area contributed by atoms with Crippen LogP contribution in [0.15, 0.2) is 24.8 Å². The quantitative estimate of drug-likeness (QED) is 0.813. The Labute approximate surface area is 145 Å². The fourth-order valence-electron chi connectivity index (χ4n) is 3.90. The number of aryl methyl sites for hydroxylation is 2. The van der Waals surface area contributed by atoms with Gasteiger partial charge in [0.05, 0.1) is 13.1 Å². The van der Waals surface area contributed by atoms with Crippen LogP contribution >= 0.6 is 0 Å². The molecule has 1 fully saturated rings. The summed E-state index contributed by atoms with van der Waals surface area (Å²) in [6.45, 7) is 1.81. The number of hydrogen-bond donors (Lipinski definition) is 0. The van der Waals surface area contributed by atoms with E-state index in [0.717, 1.165) is 24.7 Å². The van der Waals surface area contributed by atoms with E-state index in [1.807, 2.05) is 24.8 Å². The maximum absolute atomic E-state index is 4.49. The van der Waals surface area contributed by atoms with Crippen LogP contribution in [0.1, 0.15) is 37.3 Å². The molecule has 0 bridgehead atoms. The Kier molecular flexibility index (Phi) is 5.36. The minimum Gasteiger partial charge on any atom is -0.337 e. The van der Waals surface area contributed by atoms with Gasteiger partial charge < -0.3 is 9.13 Å². The van der Waals surface area contributed by atoms with Crippen molar-refractivity contribution in [3.63, 3.8) is 0 Å². The first-order valence-corrected chi connectivity index (χ1v) is 8.89. The van der Waals surface area contributed by atoms with Crippen LogP contribution in [0.2, 0.25) is 0 Å². The second-order valence-corrected chi connectivity index (χ2v) is 7.16. The molecule has 0 aromatic carbocycles. The van der Waals surface area contributed by atoms with Crippen molar-refractivity contribution < 1.29 is 0 Å². The average molecular weight is 330 g/mol. The van der Waals surface area contributed by atoms with E-state index in [2.05, 4.69) is 57.1 Å².